The van der Waals surface area contributed by atoms with Gasteiger partial charge in [0.05, 0.1) is 0 Å². The number of nitro groups is 1. The van der Waals surface area contributed by atoms with Gasteiger partial charge in [0.25, 0.3) is 0 Å². The Labute approximate surface area is 101 Å². The molecule has 1 heterocycles. The second kappa shape index (κ2) is 4.25. The van der Waals surface area contributed by atoms with E-state index in [-0.39, 0.29) is 17.4 Å². The number of aromatic nitrogens is 1. The van der Waals surface area contributed by atoms with Crippen LogP contribution in [0.2, 0.25) is 0 Å². The van der Waals surface area contributed by atoms with Gasteiger partial charge in [-0.2, -0.15) is 0 Å². The number of rotatable bonds is 3. The number of nitrogens with zero attached hydrogens (tertiary/aromatic N) is 1. The molecule has 0 saturated heterocycles. The SMILES string of the molecule is CC(C[N+](=O)[O-])c1c[nH]c2cc(Br)ccc12. The van der Waals surface area contributed by atoms with E-state index in [1.165, 1.54) is 0 Å². The van der Waals surface area contributed by atoms with Crippen LogP contribution in [0.5, 0.6) is 0 Å². The molecule has 0 radical (unpaired) electrons. The highest BCUT2D eigenvalue weighted by atomic mass is 79.9. The first-order valence-electron chi connectivity index (χ1n) is 4.96. The number of hydrogen-bond acceptors (Lipinski definition) is 2. The first-order chi connectivity index (χ1) is 7.58. The predicted molar refractivity (Wildman–Crippen MR) is 66.3 cm³/mol. The zero-order chi connectivity index (χ0) is 11.7. The fourth-order valence-electron chi connectivity index (χ4n) is 1.85. The minimum absolute atomic E-state index is 0.0387. The summed E-state index contributed by atoms with van der Waals surface area (Å²) in [6.45, 7) is 1.83. The van der Waals surface area contributed by atoms with Gasteiger partial charge < -0.3 is 4.98 Å². The molecule has 4 nitrogen and oxygen atoms in total. The second-order valence-corrected chi connectivity index (χ2v) is 4.77. The van der Waals surface area contributed by atoms with Gasteiger partial charge in [0.15, 0.2) is 0 Å². The molecule has 1 unspecified atom stereocenters. The van der Waals surface area contributed by atoms with Gasteiger partial charge >= 0.3 is 0 Å². The third-order valence-corrected chi connectivity index (χ3v) is 3.12. The normalized spacial score (nSPS) is 12.9. The van der Waals surface area contributed by atoms with E-state index in [1.807, 2.05) is 31.3 Å². The van der Waals surface area contributed by atoms with Gasteiger partial charge in [-0.25, -0.2) is 0 Å². The summed E-state index contributed by atoms with van der Waals surface area (Å²) >= 11 is 3.39. The summed E-state index contributed by atoms with van der Waals surface area (Å²) in [6, 6.07) is 5.89. The lowest BCUT2D eigenvalue weighted by Gasteiger charge is -2.04. The predicted octanol–water partition coefficient (Wildman–Crippen LogP) is 3.31. The summed E-state index contributed by atoms with van der Waals surface area (Å²) in [7, 11) is 0. The Bertz CT molecular complexity index is 536. The van der Waals surface area contributed by atoms with Gasteiger partial charge in [-0.3, -0.25) is 10.1 Å². The Kier molecular flexibility index (Phi) is 2.96. The van der Waals surface area contributed by atoms with Crippen LogP contribution in [0.1, 0.15) is 18.4 Å². The Morgan fingerprint density at radius 2 is 2.31 bits per heavy atom. The minimum atomic E-state index is -0.275. The van der Waals surface area contributed by atoms with Crippen LogP contribution in [-0.4, -0.2) is 16.5 Å². The quantitative estimate of drug-likeness (QED) is 0.694. The van der Waals surface area contributed by atoms with Gasteiger partial charge in [-0.1, -0.05) is 28.9 Å². The molecule has 2 rings (SSSR count). The van der Waals surface area contributed by atoms with Crippen LogP contribution in [0.25, 0.3) is 10.9 Å². The molecule has 0 aliphatic carbocycles. The van der Waals surface area contributed by atoms with E-state index in [2.05, 4.69) is 20.9 Å². The first-order valence-corrected chi connectivity index (χ1v) is 5.75. The fraction of sp³-hybridized carbons (Fsp3) is 0.273. The van der Waals surface area contributed by atoms with Crippen LogP contribution < -0.4 is 0 Å². The summed E-state index contributed by atoms with van der Waals surface area (Å²) in [5.74, 6) is -0.0788. The van der Waals surface area contributed by atoms with Crippen LogP contribution in [-0.2, 0) is 0 Å². The van der Waals surface area contributed by atoms with Gasteiger partial charge in [0.1, 0.15) is 0 Å². The highest BCUT2D eigenvalue weighted by Gasteiger charge is 2.16. The number of H-pyrrole nitrogens is 1. The van der Waals surface area contributed by atoms with Crippen molar-refractivity contribution in [2.24, 2.45) is 0 Å². The standard InChI is InChI=1S/C11H11BrN2O2/c1-7(6-14(15)16)10-5-13-11-4-8(12)2-3-9(10)11/h2-5,7,13H,6H2,1H3. The lowest BCUT2D eigenvalue weighted by molar-refractivity contribution is -0.482. The average Bonchev–Trinajstić information content (AvgIpc) is 2.59. The van der Waals surface area contributed by atoms with Gasteiger partial charge in [0, 0.05) is 32.4 Å². The lowest BCUT2D eigenvalue weighted by Crippen LogP contribution is -2.08. The Balaban J connectivity index is 2.41. The minimum Gasteiger partial charge on any atom is -0.361 e. The maximum absolute atomic E-state index is 10.5. The van der Waals surface area contributed by atoms with Crippen LogP contribution in [0.15, 0.2) is 28.9 Å². The number of nitrogens with one attached hydrogen (secondary N) is 1. The molecule has 0 aliphatic rings. The molecule has 84 valence electrons. The number of aromatic amines is 1. The molecule has 1 aromatic carbocycles. The monoisotopic (exact) mass is 282 g/mol. The molecular formula is C11H11BrN2O2. The van der Waals surface area contributed by atoms with E-state index in [9.17, 15) is 10.1 Å². The second-order valence-electron chi connectivity index (χ2n) is 3.85. The fourth-order valence-corrected chi connectivity index (χ4v) is 2.21. The zero-order valence-electron chi connectivity index (χ0n) is 8.74. The lowest BCUT2D eigenvalue weighted by atomic mass is 10.0. The summed E-state index contributed by atoms with van der Waals surface area (Å²) in [6.07, 6.45) is 1.85. The molecular weight excluding hydrogens is 272 g/mol. The van der Waals surface area contributed by atoms with Gasteiger partial charge in [-0.15, -0.1) is 0 Å². The Morgan fingerprint density at radius 1 is 1.56 bits per heavy atom. The van der Waals surface area contributed by atoms with Crippen LogP contribution in [0.4, 0.5) is 0 Å². The van der Waals surface area contributed by atoms with E-state index >= 15 is 0 Å². The number of halogens is 1. The third-order valence-electron chi connectivity index (χ3n) is 2.63. The molecule has 0 saturated carbocycles. The number of fused-ring (bicyclic) bond motifs is 1. The molecule has 2 aromatic rings. The van der Waals surface area contributed by atoms with Crippen molar-refractivity contribution in [3.05, 3.63) is 44.5 Å². The van der Waals surface area contributed by atoms with Gasteiger partial charge in [-0.05, 0) is 17.7 Å². The summed E-state index contributed by atoms with van der Waals surface area (Å²) in [5.41, 5.74) is 2.00. The van der Waals surface area contributed by atoms with Crippen molar-refractivity contribution in [1.82, 2.24) is 4.98 Å². The van der Waals surface area contributed by atoms with Crippen molar-refractivity contribution in [3.8, 4) is 0 Å². The maximum atomic E-state index is 10.5. The largest absolute Gasteiger partial charge is 0.361 e. The smallest absolute Gasteiger partial charge is 0.210 e. The molecule has 16 heavy (non-hydrogen) atoms. The average molecular weight is 283 g/mol. The van der Waals surface area contributed by atoms with Crippen molar-refractivity contribution in [1.29, 1.82) is 0 Å². The molecule has 5 heteroatoms. The van der Waals surface area contributed by atoms with Crippen molar-refractivity contribution < 1.29 is 4.92 Å². The molecule has 0 bridgehead atoms. The van der Waals surface area contributed by atoms with Crippen molar-refractivity contribution in [3.63, 3.8) is 0 Å². The molecule has 0 aliphatic heterocycles. The molecule has 0 amide bonds. The van der Waals surface area contributed by atoms with Gasteiger partial charge in [0.2, 0.25) is 6.54 Å². The van der Waals surface area contributed by atoms with Crippen molar-refractivity contribution in [2.75, 3.05) is 6.54 Å². The maximum Gasteiger partial charge on any atom is 0.210 e. The van der Waals surface area contributed by atoms with Crippen LogP contribution in [0, 0.1) is 10.1 Å². The number of hydrogen-bond donors (Lipinski definition) is 1. The zero-order valence-corrected chi connectivity index (χ0v) is 10.3. The molecule has 1 atom stereocenters. The van der Waals surface area contributed by atoms with E-state index in [1.54, 1.807) is 0 Å². The summed E-state index contributed by atoms with van der Waals surface area (Å²) < 4.78 is 0.996. The molecule has 0 spiro atoms. The van der Waals surface area contributed by atoms with E-state index < -0.39 is 0 Å². The highest BCUT2D eigenvalue weighted by Crippen LogP contribution is 2.27. The Hall–Kier alpha value is -1.36. The highest BCUT2D eigenvalue weighted by molar-refractivity contribution is 9.10. The topological polar surface area (TPSA) is 58.9 Å². The van der Waals surface area contributed by atoms with E-state index in [0.717, 1.165) is 20.9 Å². The number of benzene rings is 1. The van der Waals surface area contributed by atoms with E-state index in [4.69, 9.17) is 0 Å². The molecule has 0 fully saturated rings. The summed E-state index contributed by atoms with van der Waals surface area (Å²) in [4.78, 5) is 13.3. The first kappa shape index (κ1) is 11.1. The molecule has 1 aromatic heterocycles. The van der Waals surface area contributed by atoms with Crippen molar-refractivity contribution in [2.45, 2.75) is 12.8 Å². The van der Waals surface area contributed by atoms with Crippen molar-refractivity contribution >= 4 is 26.8 Å². The summed E-state index contributed by atoms with van der Waals surface area (Å²) in [5, 5.41) is 11.5. The van der Waals surface area contributed by atoms with Crippen LogP contribution >= 0.6 is 15.9 Å². The molecule has 1 N–H and O–H groups in total. The third kappa shape index (κ3) is 2.09. The van der Waals surface area contributed by atoms with E-state index in [0.29, 0.717) is 0 Å². The van der Waals surface area contributed by atoms with Crippen LogP contribution in [0.3, 0.4) is 0 Å². The Morgan fingerprint density at radius 3 is 3.00 bits per heavy atom.